The number of hydrogen-bond donors (Lipinski definition) is 1. The van der Waals surface area contributed by atoms with E-state index in [0.717, 1.165) is 0 Å². The van der Waals surface area contributed by atoms with Crippen molar-refractivity contribution in [1.29, 1.82) is 0 Å². The number of alkyl halides is 6. The Balaban J connectivity index is 5.15. The molecule has 1 N–H and O–H groups in total. The summed E-state index contributed by atoms with van der Waals surface area (Å²) in [5, 5.41) is 7.73. The predicted octanol–water partition coefficient (Wildman–Crippen LogP) is 0.877. The Hall–Kier alpha value is -1.22. The van der Waals surface area contributed by atoms with Crippen molar-refractivity contribution in [3.05, 3.63) is 0 Å². The fraction of sp³-hybridized carbons (Fsp3) is 0.500. The van der Waals surface area contributed by atoms with Crippen LogP contribution in [0, 0.1) is 0 Å². The van der Waals surface area contributed by atoms with Crippen LogP contribution in [-0.4, -0.2) is 35.6 Å². The van der Waals surface area contributed by atoms with E-state index in [2.05, 4.69) is 0 Å². The number of halogens is 6. The zero-order valence-corrected chi connectivity index (χ0v) is 6.11. The van der Waals surface area contributed by atoms with E-state index in [-0.39, 0.29) is 0 Å². The Kier molecular flexibility index (Phi) is 3.20. The molecule has 0 aromatic heterocycles. The van der Waals surface area contributed by atoms with E-state index in [9.17, 15) is 35.9 Å². The first-order valence-electron chi connectivity index (χ1n) is 2.88. The minimum atomic E-state index is -5.95. The molecule has 0 saturated carbocycles. The summed E-state index contributed by atoms with van der Waals surface area (Å²) in [6, 6.07) is 0. The number of carboxylic acid groups (broad SMARTS) is 1. The molecule has 0 aliphatic rings. The molecule has 0 radical (unpaired) electrons. The van der Waals surface area contributed by atoms with Crippen LogP contribution in [-0.2, 0) is 9.59 Å². The van der Waals surface area contributed by atoms with Gasteiger partial charge in [-0.1, -0.05) is 0 Å². The van der Waals surface area contributed by atoms with Crippen molar-refractivity contribution < 1.29 is 41.0 Å². The Morgan fingerprint density at radius 3 is 1.29 bits per heavy atom. The Morgan fingerprint density at radius 1 is 0.929 bits per heavy atom. The molecule has 0 unspecified atom stereocenters. The molecule has 0 rings (SSSR count). The number of rotatable bonds is 2. The SMILES string of the molecule is O=C(O)C(=O)B(C(F)(F)F)C(F)(F)F. The van der Waals surface area contributed by atoms with E-state index in [4.69, 9.17) is 5.11 Å². The molecule has 0 saturated heterocycles. The zero-order valence-electron chi connectivity index (χ0n) is 6.11. The Morgan fingerprint density at radius 2 is 1.21 bits per heavy atom. The van der Waals surface area contributed by atoms with E-state index >= 15 is 0 Å². The second-order valence-corrected chi connectivity index (χ2v) is 2.19. The minimum Gasteiger partial charge on any atom is -0.476 e. The van der Waals surface area contributed by atoms with Gasteiger partial charge in [0.1, 0.15) is 0 Å². The Bertz CT molecular complexity index is 241. The van der Waals surface area contributed by atoms with E-state index in [0.29, 0.717) is 0 Å². The summed E-state index contributed by atoms with van der Waals surface area (Å²) in [4.78, 5) is 19.8. The number of carboxylic acids is 1. The van der Waals surface area contributed by atoms with E-state index in [1.165, 1.54) is 0 Å². The average Bonchev–Trinajstić information content (AvgIpc) is 1.79. The van der Waals surface area contributed by atoms with Crippen LogP contribution in [0.25, 0.3) is 0 Å². The van der Waals surface area contributed by atoms with Gasteiger partial charge in [0, 0.05) is 0 Å². The zero-order chi connectivity index (χ0) is 11.7. The molecule has 80 valence electrons. The summed E-state index contributed by atoms with van der Waals surface area (Å²) < 4.78 is 69.7. The first kappa shape index (κ1) is 12.8. The monoisotopic (exact) mass is 222 g/mol. The van der Waals surface area contributed by atoms with Gasteiger partial charge < -0.3 is 5.11 Å². The minimum absolute atomic E-state index is 2.77. The van der Waals surface area contributed by atoms with Crippen molar-refractivity contribution in [3.8, 4) is 0 Å². The third kappa shape index (κ3) is 2.93. The molecular formula is C4HBF6O3. The van der Waals surface area contributed by atoms with Gasteiger partial charge >= 0.3 is 24.8 Å². The van der Waals surface area contributed by atoms with Crippen LogP contribution in [0.4, 0.5) is 26.3 Å². The normalized spacial score (nSPS) is 12.4. The van der Waals surface area contributed by atoms with Crippen LogP contribution < -0.4 is 0 Å². The van der Waals surface area contributed by atoms with Crippen LogP contribution in [0.5, 0.6) is 0 Å². The lowest BCUT2D eigenvalue weighted by Crippen LogP contribution is -2.55. The standard InChI is InChI=1S/C4HBF6O3/c6-3(7,8)5(4(9,10)11)1(12)2(13)14/h(H,13,14). The summed E-state index contributed by atoms with van der Waals surface area (Å²) >= 11 is 0. The van der Waals surface area contributed by atoms with Crippen molar-refractivity contribution in [1.82, 2.24) is 0 Å². The van der Waals surface area contributed by atoms with Crippen LogP contribution in [0.15, 0.2) is 0 Å². The molecule has 0 bridgehead atoms. The molecule has 0 fully saturated rings. The first-order chi connectivity index (χ1) is 5.98. The van der Waals surface area contributed by atoms with Crippen molar-refractivity contribution in [3.63, 3.8) is 0 Å². The molecule has 0 aromatic carbocycles. The molecule has 10 heteroatoms. The number of aliphatic carboxylic acids is 1. The molecule has 0 aliphatic carbocycles. The number of carbonyl (C=O) groups is 2. The van der Waals surface area contributed by atoms with Gasteiger partial charge in [-0.25, -0.2) is 4.79 Å². The summed E-state index contributed by atoms with van der Waals surface area (Å²) in [6.45, 7) is -4.47. The summed E-state index contributed by atoms with van der Waals surface area (Å²) in [7, 11) is 0. The van der Waals surface area contributed by atoms with Gasteiger partial charge in [0.25, 0.3) is 0 Å². The maximum atomic E-state index is 11.6. The van der Waals surface area contributed by atoms with Gasteiger partial charge in [0.15, 0.2) is 0 Å². The smallest absolute Gasteiger partial charge is 0.476 e. The second-order valence-electron chi connectivity index (χ2n) is 2.19. The lowest BCUT2D eigenvalue weighted by atomic mass is 9.44. The lowest BCUT2D eigenvalue weighted by Gasteiger charge is -2.16. The highest BCUT2D eigenvalue weighted by molar-refractivity contribution is 7.02. The van der Waals surface area contributed by atoms with Crippen molar-refractivity contribution in [2.75, 3.05) is 0 Å². The predicted molar refractivity (Wildman–Crippen MR) is 30.5 cm³/mol. The molecule has 14 heavy (non-hydrogen) atoms. The molecule has 0 heterocycles. The number of carbonyl (C=O) groups excluding carboxylic acids is 1. The highest BCUT2D eigenvalue weighted by atomic mass is 19.4. The number of hydrogen-bond acceptors (Lipinski definition) is 2. The largest absolute Gasteiger partial charge is 0.488 e. The lowest BCUT2D eigenvalue weighted by molar-refractivity contribution is -0.150. The molecule has 3 nitrogen and oxygen atoms in total. The molecular weight excluding hydrogens is 221 g/mol. The third-order valence-corrected chi connectivity index (χ3v) is 1.13. The maximum absolute atomic E-state index is 11.6. The Labute approximate surface area is 72.8 Å². The van der Waals surface area contributed by atoms with Gasteiger partial charge in [-0.15, -0.1) is 0 Å². The topological polar surface area (TPSA) is 54.4 Å². The van der Waals surface area contributed by atoms with Crippen molar-refractivity contribution in [2.24, 2.45) is 0 Å². The van der Waals surface area contributed by atoms with Crippen LogP contribution >= 0.6 is 0 Å². The quantitative estimate of drug-likeness (QED) is 0.428. The highest BCUT2D eigenvalue weighted by Gasteiger charge is 2.67. The third-order valence-electron chi connectivity index (χ3n) is 1.13. The van der Waals surface area contributed by atoms with Gasteiger partial charge in [0.05, 0.1) is 0 Å². The second kappa shape index (κ2) is 3.50. The van der Waals surface area contributed by atoms with Gasteiger partial charge in [-0.2, -0.15) is 26.3 Å². The summed E-state index contributed by atoms with van der Waals surface area (Å²) in [5.74, 6) is -2.77. The maximum Gasteiger partial charge on any atom is 0.488 e. The van der Waals surface area contributed by atoms with E-state index in [1.807, 2.05) is 0 Å². The summed E-state index contributed by atoms with van der Waals surface area (Å²) in [5.41, 5.74) is -2.94. The van der Waals surface area contributed by atoms with Gasteiger partial charge in [-0.3, -0.25) is 4.79 Å². The molecule has 0 aromatic rings. The fourth-order valence-corrected chi connectivity index (χ4v) is 0.606. The van der Waals surface area contributed by atoms with Crippen LogP contribution in [0.1, 0.15) is 0 Å². The first-order valence-corrected chi connectivity index (χ1v) is 2.88. The molecule has 0 amide bonds. The van der Waals surface area contributed by atoms with Gasteiger partial charge in [-0.05, 0) is 0 Å². The van der Waals surface area contributed by atoms with Gasteiger partial charge in [0.2, 0.25) is 5.68 Å². The van der Waals surface area contributed by atoms with E-state index in [1.54, 1.807) is 0 Å². The average molecular weight is 222 g/mol. The fourth-order valence-electron chi connectivity index (χ4n) is 0.606. The summed E-state index contributed by atoms with van der Waals surface area (Å²) in [6.07, 6.45) is -11.9. The van der Waals surface area contributed by atoms with E-state index < -0.39 is 30.5 Å². The molecule has 0 atom stereocenters. The molecule has 0 aliphatic heterocycles. The van der Waals surface area contributed by atoms with Crippen molar-refractivity contribution >= 4 is 18.4 Å². The van der Waals surface area contributed by atoms with Crippen LogP contribution in [0.2, 0.25) is 0 Å². The van der Waals surface area contributed by atoms with Crippen LogP contribution in [0.3, 0.4) is 0 Å². The highest BCUT2D eigenvalue weighted by Crippen LogP contribution is 2.32. The van der Waals surface area contributed by atoms with Crippen molar-refractivity contribution in [2.45, 2.75) is 12.2 Å². The molecule has 0 spiro atoms.